The number of fused-ring (bicyclic) bond motifs is 7. The van der Waals surface area contributed by atoms with Crippen molar-refractivity contribution in [2.75, 3.05) is 20.4 Å². The molecule has 3 aliphatic rings. The SMILES string of the molecule is Cc1ccccc1N1c2cc3c(cc2B2c4oc5ccc(C(C)(C)C)cc5c4N(c4ccc(C(C)(C)C)cc4)c4cc(N(c5ccccc5)c5ccccc5N)cc1c42)C(C)(C)CCC3(C)C. The van der Waals surface area contributed by atoms with E-state index >= 15 is 0 Å². The standard InChI is InChI=1S/C61H63BN4O/c1-38-19-15-17-23-49(38)66-51-37-46-45(60(8,9)31-32-61(46,10)11)36-47(51)62-55-52(34-43(35-53(55)66)64(41-20-13-12-14-21-41)50-24-18-16-22-48(50)63)65(42-28-25-39(26-29-42)58(2,3)4)56-44-33-40(59(5,6)7)27-30-54(44)67-57(56)62/h12-30,33-37H,31-32,63H2,1-11H3. The minimum Gasteiger partial charge on any atom is -0.468 e. The molecule has 1 aliphatic carbocycles. The van der Waals surface area contributed by atoms with Crippen LogP contribution in [-0.2, 0) is 21.7 Å². The highest BCUT2D eigenvalue weighted by molar-refractivity contribution is 7.00. The Morgan fingerprint density at radius 2 is 1.18 bits per heavy atom. The molecule has 8 aromatic rings. The Morgan fingerprint density at radius 3 is 1.84 bits per heavy atom. The zero-order valence-electron chi connectivity index (χ0n) is 41.2. The number of para-hydroxylation sites is 4. The van der Waals surface area contributed by atoms with Gasteiger partial charge in [0, 0.05) is 39.5 Å². The zero-order chi connectivity index (χ0) is 46.9. The monoisotopic (exact) mass is 879 g/mol. The lowest BCUT2D eigenvalue weighted by Gasteiger charge is -2.47. The fraction of sp³-hybridized carbons (Fsp3) is 0.279. The molecular formula is C61H63BN4O. The first-order valence-electron chi connectivity index (χ1n) is 24.2. The molecule has 336 valence electrons. The van der Waals surface area contributed by atoms with Crippen LogP contribution in [0.1, 0.15) is 110 Å². The third kappa shape index (κ3) is 6.81. The van der Waals surface area contributed by atoms with Gasteiger partial charge in [0.2, 0.25) is 0 Å². The number of aryl methyl sites for hydroxylation is 1. The Morgan fingerprint density at radius 1 is 0.582 bits per heavy atom. The van der Waals surface area contributed by atoms with Gasteiger partial charge in [-0.2, -0.15) is 0 Å². The van der Waals surface area contributed by atoms with Gasteiger partial charge in [0.05, 0.1) is 28.4 Å². The minimum absolute atomic E-state index is 0.0000386. The van der Waals surface area contributed by atoms with Crippen molar-refractivity contribution >= 4 is 91.1 Å². The Kier molecular flexibility index (Phi) is 9.57. The summed E-state index contributed by atoms with van der Waals surface area (Å²) in [4.78, 5) is 7.43. The number of anilines is 10. The molecule has 0 bridgehead atoms. The van der Waals surface area contributed by atoms with Crippen molar-refractivity contribution in [2.45, 2.75) is 111 Å². The van der Waals surface area contributed by atoms with Crippen LogP contribution in [0.25, 0.3) is 11.0 Å². The Balaban J connectivity index is 1.33. The van der Waals surface area contributed by atoms with Gasteiger partial charge < -0.3 is 24.9 Å². The number of nitrogen functional groups attached to an aromatic ring is 1. The van der Waals surface area contributed by atoms with Crippen LogP contribution < -0.4 is 37.0 Å². The Labute approximate surface area is 398 Å². The number of hydrogen-bond donors (Lipinski definition) is 1. The van der Waals surface area contributed by atoms with E-state index in [0.717, 1.165) is 75.0 Å². The van der Waals surface area contributed by atoms with E-state index in [-0.39, 0.29) is 28.4 Å². The molecule has 0 spiro atoms. The summed E-state index contributed by atoms with van der Waals surface area (Å²) in [5.41, 5.74) is 28.4. The summed E-state index contributed by atoms with van der Waals surface area (Å²) in [7, 11) is 0. The van der Waals surface area contributed by atoms with Crippen molar-refractivity contribution in [1.82, 2.24) is 0 Å². The summed E-state index contributed by atoms with van der Waals surface area (Å²) >= 11 is 0. The largest absolute Gasteiger partial charge is 0.468 e. The van der Waals surface area contributed by atoms with E-state index in [1.165, 1.54) is 44.4 Å². The van der Waals surface area contributed by atoms with Gasteiger partial charge in [-0.1, -0.05) is 142 Å². The van der Waals surface area contributed by atoms with Crippen LogP contribution in [0.5, 0.6) is 0 Å². The molecular weight excluding hydrogens is 816 g/mol. The number of hydrogen-bond acceptors (Lipinski definition) is 5. The predicted octanol–water partition coefficient (Wildman–Crippen LogP) is 14.8. The number of nitrogens with two attached hydrogens (primary N) is 1. The first-order valence-corrected chi connectivity index (χ1v) is 24.2. The molecule has 6 heteroatoms. The predicted molar refractivity (Wildman–Crippen MR) is 287 cm³/mol. The maximum absolute atomic E-state index is 7.44. The molecule has 0 saturated heterocycles. The van der Waals surface area contributed by atoms with Crippen LogP contribution in [0.15, 0.2) is 150 Å². The third-order valence-electron chi connectivity index (χ3n) is 15.3. The molecule has 2 aliphatic heterocycles. The smallest absolute Gasteiger partial charge is 0.297 e. The van der Waals surface area contributed by atoms with Crippen molar-refractivity contribution in [3.05, 3.63) is 173 Å². The molecule has 2 N–H and O–H groups in total. The molecule has 0 radical (unpaired) electrons. The van der Waals surface area contributed by atoms with E-state index in [1.807, 2.05) is 12.1 Å². The van der Waals surface area contributed by atoms with E-state index in [9.17, 15) is 0 Å². The molecule has 5 nitrogen and oxygen atoms in total. The van der Waals surface area contributed by atoms with Gasteiger partial charge in [-0.3, -0.25) is 0 Å². The van der Waals surface area contributed by atoms with Crippen molar-refractivity contribution in [3.63, 3.8) is 0 Å². The zero-order valence-corrected chi connectivity index (χ0v) is 41.2. The number of benzene rings is 7. The Hall–Kier alpha value is -6.66. The fourth-order valence-electron chi connectivity index (χ4n) is 11.3. The molecule has 0 amide bonds. The minimum atomic E-state index is -0.196. The quantitative estimate of drug-likeness (QED) is 0.138. The van der Waals surface area contributed by atoms with Gasteiger partial charge in [0.1, 0.15) is 5.58 Å². The highest BCUT2D eigenvalue weighted by Gasteiger charge is 2.49. The van der Waals surface area contributed by atoms with Gasteiger partial charge >= 0.3 is 0 Å². The van der Waals surface area contributed by atoms with Crippen LogP contribution in [0.4, 0.5) is 56.9 Å². The van der Waals surface area contributed by atoms with Crippen molar-refractivity contribution < 1.29 is 4.42 Å². The van der Waals surface area contributed by atoms with Gasteiger partial charge in [-0.05, 0) is 153 Å². The lowest BCUT2D eigenvalue weighted by atomic mass is 9.35. The Bertz CT molecular complexity index is 3260. The second-order valence-corrected chi connectivity index (χ2v) is 22.8. The first-order chi connectivity index (χ1) is 31.8. The molecule has 7 aromatic carbocycles. The van der Waals surface area contributed by atoms with E-state index in [1.54, 1.807) is 0 Å². The van der Waals surface area contributed by atoms with Crippen LogP contribution in [0, 0.1) is 6.92 Å². The van der Waals surface area contributed by atoms with Crippen molar-refractivity contribution in [1.29, 1.82) is 0 Å². The first kappa shape index (κ1) is 42.9. The summed E-state index contributed by atoms with van der Waals surface area (Å²) in [6, 6.07) is 53.9. The lowest BCUT2D eigenvalue weighted by molar-refractivity contribution is 0.332. The number of nitrogens with zero attached hydrogens (tertiary/aromatic N) is 3. The highest BCUT2D eigenvalue weighted by atomic mass is 16.3. The normalized spacial score (nSPS) is 15.8. The summed E-state index contributed by atoms with van der Waals surface area (Å²) in [6.07, 6.45) is 2.26. The average Bonchev–Trinajstić information content (AvgIpc) is 3.67. The molecule has 0 atom stereocenters. The van der Waals surface area contributed by atoms with Crippen molar-refractivity contribution in [2.24, 2.45) is 0 Å². The highest BCUT2D eigenvalue weighted by Crippen LogP contribution is 2.53. The van der Waals surface area contributed by atoms with E-state index in [4.69, 9.17) is 10.2 Å². The average molecular weight is 879 g/mol. The van der Waals surface area contributed by atoms with E-state index in [0.29, 0.717) is 5.69 Å². The summed E-state index contributed by atoms with van der Waals surface area (Å²) in [5, 5.41) is 1.12. The second kappa shape index (κ2) is 14.9. The summed E-state index contributed by atoms with van der Waals surface area (Å²) < 4.78 is 7.44. The third-order valence-corrected chi connectivity index (χ3v) is 15.3. The molecule has 0 saturated carbocycles. The molecule has 0 unspecified atom stereocenters. The van der Waals surface area contributed by atoms with Gasteiger partial charge in [0.25, 0.3) is 6.71 Å². The molecule has 0 fully saturated rings. The van der Waals surface area contributed by atoms with Crippen LogP contribution >= 0.6 is 0 Å². The maximum Gasteiger partial charge on any atom is 0.297 e. The van der Waals surface area contributed by atoms with E-state index in [2.05, 4.69) is 224 Å². The summed E-state index contributed by atoms with van der Waals surface area (Å²) in [5.74, 6) is 0. The van der Waals surface area contributed by atoms with Gasteiger partial charge in [-0.15, -0.1) is 0 Å². The number of furan rings is 1. The van der Waals surface area contributed by atoms with E-state index < -0.39 is 0 Å². The van der Waals surface area contributed by atoms with Crippen LogP contribution in [0.2, 0.25) is 0 Å². The second-order valence-electron chi connectivity index (χ2n) is 22.8. The van der Waals surface area contributed by atoms with Gasteiger partial charge in [0.15, 0.2) is 0 Å². The number of rotatable bonds is 5. The molecule has 3 heterocycles. The van der Waals surface area contributed by atoms with Gasteiger partial charge in [-0.25, -0.2) is 0 Å². The maximum atomic E-state index is 7.44. The van der Waals surface area contributed by atoms with Crippen LogP contribution in [-0.4, -0.2) is 6.71 Å². The molecule has 67 heavy (non-hydrogen) atoms. The topological polar surface area (TPSA) is 48.9 Å². The lowest BCUT2D eigenvalue weighted by Crippen LogP contribution is -2.61. The summed E-state index contributed by atoms with van der Waals surface area (Å²) in [6.45, 7) is 25.6. The van der Waals surface area contributed by atoms with Crippen LogP contribution in [0.3, 0.4) is 0 Å². The van der Waals surface area contributed by atoms with Crippen molar-refractivity contribution in [3.8, 4) is 0 Å². The molecule has 1 aromatic heterocycles. The molecule has 11 rings (SSSR count). The fourth-order valence-corrected chi connectivity index (χ4v) is 11.3.